The van der Waals surface area contributed by atoms with Crippen molar-refractivity contribution in [1.82, 2.24) is 4.98 Å². The summed E-state index contributed by atoms with van der Waals surface area (Å²) in [6, 6.07) is 11.4. The van der Waals surface area contributed by atoms with Gasteiger partial charge in [-0.05, 0) is 11.6 Å². The molecule has 0 saturated heterocycles. The summed E-state index contributed by atoms with van der Waals surface area (Å²) in [5, 5.41) is 8.66. The number of carboxylic acids is 1. The molecule has 20 heavy (non-hydrogen) atoms. The first-order chi connectivity index (χ1) is 9.65. The summed E-state index contributed by atoms with van der Waals surface area (Å²) in [7, 11) is 0. The summed E-state index contributed by atoms with van der Waals surface area (Å²) in [5.74, 6) is -0.564. The van der Waals surface area contributed by atoms with Crippen LogP contribution < -0.4 is 10.5 Å². The lowest BCUT2D eigenvalue weighted by Crippen LogP contribution is -2.02. The van der Waals surface area contributed by atoms with Gasteiger partial charge in [0.1, 0.15) is 12.4 Å². The van der Waals surface area contributed by atoms with Crippen LogP contribution in [0, 0.1) is 0 Å². The molecular formula is C15H14N2O3. The highest BCUT2D eigenvalue weighted by Gasteiger charge is 2.03. The van der Waals surface area contributed by atoms with Crippen molar-refractivity contribution in [3.63, 3.8) is 0 Å². The number of pyridine rings is 1. The van der Waals surface area contributed by atoms with Gasteiger partial charge in [-0.25, -0.2) is 4.79 Å². The number of benzene rings is 1. The van der Waals surface area contributed by atoms with Crippen molar-refractivity contribution in [2.24, 2.45) is 5.73 Å². The Hall–Kier alpha value is -2.82. The predicted octanol–water partition coefficient (Wildman–Crippen LogP) is 2.04. The molecule has 0 amide bonds. The number of hydrogen-bond donors (Lipinski definition) is 2. The van der Waals surface area contributed by atoms with Gasteiger partial charge in [0, 0.05) is 23.5 Å². The Bertz CT molecular complexity index is 624. The van der Waals surface area contributed by atoms with Gasteiger partial charge in [-0.1, -0.05) is 30.3 Å². The van der Waals surface area contributed by atoms with E-state index in [1.165, 1.54) is 6.20 Å². The van der Waals surface area contributed by atoms with Crippen molar-refractivity contribution in [3.05, 3.63) is 66.0 Å². The molecule has 2 rings (SSSR count). The zero-order valence-electron chi connectivity index (χ0n) is 10.7. The van der Waals surface area contributed by atoms with E-state index in [1.807, 2.05) is 30.3 Å². The van der Waals surface area contributed by atoms with Gasteiger partial charge in [0.15, 0.2) is 0 Å². The number of hydrogen-bond acceptors (Lipinski definition) is 4. The van der Waals surface area contributed by atoms with Crippen molar-refractivity contribution in [1.29, 1.82) is 0 Å². The molecule has 0 aliphatic rings. The number of aromatic nitrogens is 1. The standard InChI is InChI=1S/C15H14N2O3/c16-14(7-15(18)19)12-6-13(9-17-8-12)20-10-11-4-2-1-3-5-11/h1-9H,10,16H2,(H,18,19)/b14-7+. The molecule has 1 aromatic carbocycles. The highest BCUT2D eigenvalue weighted by atomic mass is 16.5. The largest absolute Gasteiger partial charge is 0.487 e. The summed E-state index contributed by atoms with van der Waals surface area (Å²) in [4.78, 5) is 14.6. The summed E-state index contributed by atoms with van der Waals surface area (Å²) in [5.41, 5.74) is 7.34. The van der Waals surface area contributed by atoms with Crippen LogP contribution in [0.5, 0.6) is 5.75 Å². The topological polar surface area (TPSA) is 85.4 Å². The van der Waals surface area contributed by atoms with E-state index in [-0.39, 0.29) is 5.70 Å². The number of nitrogens with zero attached hydrogens (tertiary/aromatic N) is 1. The van der Waals surface area contributed by atoms with Gasteiger partial charge in [0.05, 0.1) is 6.20 Å². The van der Waals surface area contributed by atoms with Gasteiger partial charge in [0.25, 0.3) is 0 Å². The number of carbonyl (C=O) groups is 1. The smallest absolute Gasteiger partial charge is 0.330 e. The SMILES string of the molecule is N/C(=C/C(=O)O)c1cncc(OCc2ccccc2)c1. The van der Waals surface area contributed by atoms with E-state index in [4.69, 9.17) is 15.6 Å². The number of carboxylic acid groups (broad SMARTS) is 1. The average molecular weight is 270 g/mol. The molecule has 0 radical (unpaired) electrons. The minimum Gasteiger partial charge on any atom is -0.487 e. The van der Waals surface area contributed by atoms with E-state index in [0.717, 1.165) is 11.6 Å². The van der Waals surface area contributed by atoms with Crippen molar-refractivity contribution in [2.45, 2.75) is 6.61 Å². The van der Waals surface area contributed by atoms with Gasteiger partial charge in [-0.3, -0.25) is 4.98 Å². The van der Waals surface area contributed by atoms with Crippen LogP contribution in [0.15, 0.2) is 54.9 Å². The Labute approximate surface area is 116 Å². The molecule has 1 heterocycles. The summed E-state index contributed by atoms with van der Waals surface area (Å²) >= 11 is 0. The van der Waals surface area contributed by atoms with E-state index in [1.54, 1.807) is 12.3 Å². The normalized spacial score (nSPS) is 11.1. The molecule has 0 saturated carbocycles. The minimum absolute atomic E-state index is 0.134. The quantitative estimate of drug-likeness (QED) is 0.812. The van der Waals surface area contributed by atoms with Crippen LogP contribution in [0.4, 0.5) is 0 Å². The molecular weight excluding hydrogens is 256 g/mol. The predicted molar refractivity (Wildman–Crippen MR) is 74.8 cm³/mol. The first-order valence-electron chi connectivity index (χ1n) is 5.97. The molecule has 0 aliphatic heterocycles. The molecule has 2 aromatic rings. The lowest BCUT2D eigenvalue weighted by Gasteiger charge is -2.07. The molecule has 0 fully saturated rings. The van der Waals surface area contributed by atoms with Gasteiger partial charge >= 0.3 is 5.97 Å². The fourth-order valence-corrected chi connectivity index (χ4v) is 1.61. The van der Waals surface area contributed by atoms with Crippen molar-refractivity contribution >= 4 is 11.7 Å². The summed E-state index contributed by atoms with van der Waals surface area (Å²) < 4.78 is 5.60. The van der Waals surface area contributed by atoms with Crippen molar-refractivity contribution in [2.75, 3.05) is 0 Å². The molecule has 0 spiro atoms. The van der Waals surface area contributed by atoms with Crippen molar-refractivity contribution < 1.29 is 14.6 Å². The maximum Gasteiger partial charge on any atom is 0.330 e. The molecule has 1 aromatic heterocycles. The summed E-state index contributed by atoms with van der Waals surface area (Å²) in [6.45, 7) is 0.411. The zero-order valence-corrected chi connectivity index (χ0v) is 10.7. The second-order valence-corrected chi connectivity index (χ2v) is 4.12. The first-order valence-corrected chi connectivity index (χ1v) is 5.97. The fourth-order valence-electron chi connectivity index (χ4n) is 1.61. The van der Waals surface area contributed by atoms with Gasteiger partial charge in [-0.2, -0.15) is 0 Å². The minimum atomic E-state index is -1.10. The molecule has 5 heteroatoms. The van der Waals surface area contributed by atoms with E-state index >= 15 is 0 Å². The Kier molecular flexibility index (Phi) is 4.34. The van der Waals surface area contributed by atoms with E-state index < -0.39 is 5.97 Å². The first kappa shape index (κ1) is 13.6. The average Bonchev–Trinajstić information content (AvgIpc) is 2.46. The van der Waals surface area contributed by atoms with Crippen LogP contribution >= 0.6 is 0 Å². The van der Waals surface area contributed by atoms with Gasteiger partial charge in [0.2, 0.25) is 0 Å². The molecule has 5 nitrogen and oxygen atoms in total. The van der Waals surface area contributed by atoms with Crippen LogP contribution in [0.2, 0.25) is 0 Å². The monoisotopic (exact) mass is 270 g/mol. The third-order valence-corrected chi connectivity index (χ3v) is 2.57. The van der Waals surface area contributed by atoms with E-state index in [9.17, 15) is 4.79 Å². The molecule has 0 aliphatic carbocycles. The second kappa shape index (κ2) is 6.38. The van der Waals surface area contributed by atoms with Crippen LogP contribution in [0.1, 0.15) is 11.1 Å². The maximum absolute atomic E-state index is 10.6. The lowest BCUT2D eigenvalue weighted by molar-refractivity contribution is -0.131. The van der Waals surface area contributed by atoms with Crippen LogP contribution in [0.25, 0.3) is 5.70 Å². The third-order valence-electron chi connectivity index (χ3n) is 2.57. The Morgan fingerprint density at radius 1 is 1.30 bits per heavy atom. The van der Waals surface area contributed by atoms with Crippen molar-refractivity contribution in [3.8, 4) is 5.75 Å². The lowest BCUT2D eigenvalue weighted by atomic mass is 10.2. The zero-order chi connectivity index (χ0) is 14.4. The number of rotatable bonds is 5. The Morgan fingerprint density at radius 2 is 2.05 bits per heavy atom. The number of aliphatic carboxylic acids is 1. The Balaban J connectivity index is 2.08. The second-order valence-electron chi connectivity index (χ2n) is 4.12. The van der Waals surface area contributed by atoms with E-state index in [0.29, 0.717) is 17.9 Å². The molecule has 102 valence electrons. The van der Waals surface area contributed by atoms with Crippen LogP contribution in [-0.4, -0.2) is 16.1 Å². The highest BCUT2D eigenvalue weighted by Crippen LogP contribution is 2.16. The molecule has 3 N–H and O–H groups in total. The number of ether oxygens (including phenoxy) is 1. The Morgan fingerprint density at radius 3 is 2.75 bits per heavy atom. The van der Waals surface area contributed by atoms with Crippen LogP contribution in [-0.2, 0) is 11.4 Å². The maximum atomic E-state index is 10.6. The van der Waals surface area contributed by atoms with Crippen LogP contribution in [0.3, 0.4) is 0 Å². The molecule has 0 atom stereocenters. The molecule has 0 unspecified atom stereocenters. The number of nitrogens with two attached hydrogens (primary N) is 1. The highest BCUT2D eigenvalue weighted by molar-refractivity contribution is 5.89. The third kappa shape index (κ3) is 3.84. The fraction of sp³-hybridized carbons (Fsp3) is 0.0667. The van der Waals surface area contributed by atoms with E-state index in [2.05, 4.69) is 4.98 Å². The van der Waals surface area contributed by atoms with Gasteiger partial charge < -0.3 is 15.6 Å². The molecule has 0 bridgehead atoms. The summed E-state index contributed by atoms with van der Waals surface area (Å²) in [6.07, 6.45) is 3.97. The van der Waals surface area contributed by atoms with Gasteiger partial charge in [-0.15, -0.1) is 0 Å².